The van der Waals surface area contributed by atoms with Gasteiger partial charge in [0, 0.05) is 30.6 Å². The van der Waals surface area contributed by atoms with Crippen molar-refractivity contribution in [3.63, 3.8) is 0 Å². The summed E-state index contributed by atoms with van der Waals surface area (Å²) in [5, 5.41) is 11.9. The highest BCUT2D eigenvalue weighted by Crippen LogP contribution is 2.36. The van der Waals surface area contributed by atoms with Crippen molar-refractivity contribution in [2.24, 2.45) is 5.92 Å². The van der Waals surface area contributed by atoms with Gasteiger partial charge in [0.15, 0.2) is 0 Å². The third-order valence-electron chi connectivity index (χ3n) is 5.27. The first kappa shape index (κ1) is 19.0. The summed E-state index contributed by atoms with van der Waals surface area (Å²) in [7, 11) is 3.05. The van der Waals surface area contributed by atoms with Crippen LogP contribution in [-0.2, 0) is 9.59 Å². The van der Waals surface area contributed by atoms with Crippen LogP contribution >= 0.6 is 0 Å². The molecule has 1 aliphatic heterocycles. The summed E-state index contributed by atoms with van der Waals surface area (Å²) in [6.45, 7) is 0.882. The van der Waals surface area contributed by atoms with Crippen molar-refractivity contribution >= 4 is 17.8 Å². The summed E-state index contributed by atoms with van der Waals surface area (Å²) >= 11 is 0. The Morgan fingerprint density at radius 3 is 2.07 bits per heavy atom. The second-order valence-corrected chi connectivity index (χ2v) is 7.04. The molecule has 1 aromatic rings. The summed E-state index contributed by atoms with van der Waals surface area (Å²) in [5.41, 5.74) is -0.599. The number of carboxylic acid groups (broad SMARTS) is 1. The number of hydrogen-bond donors (Lipinski definition) is 2. The maximum Gasteiger partial charge on any atom is 0.329 e. The fourth-order valence-electron chi connectivity index (χ4n) is 3.31. The summed E-state index contributed by atoms with van der Waals surface area (Å²) in [6.07, 6.45) is 1.97. The van der Waals surface area contributed by atoms with Gasteiger partial charge in [-0.15, -0.1) is 0 Å². The molecule has 2 N–H and O–H groups in total. The summed E-state index contributed by atoms with van der Waals surface area (Å²) < 4.78 is 10.4. The first-order valence-corrected chi connectivity index (χ1v) is 8.96. The number of hydrogen-bond acceptors (Lipinski definition) is 5. The minimum absolute atomic E-state index is 0.143. The van der Waals surface area contributed by atoms with E-state index < -0.39 is 11.5 Å². The fourth-order valence-corrected chi connectivity index (χ4v) is 3.31. The number of carboxylic acids is 1. The Morgan fingerprint density at radius 2 is 1.63 bits per heavy atom. The molecule has 146 valence electrons. The zero-order chi connectivity index (χ0) is 19.6. The molecule has 0 unspecified atom stereocenters. The van der Waals surface area contributed by atoms with E-state index in [0.717, 1.165) is 0 Å². The van der Waals surface area contributed by atoms with E-state index in [2.05, 4.69) is 5.32 Å². The van der Waals surface area contributed by atoms with Crippen LogP contribution in [0.5, 0.6) is 11.5 Å². The predicted molar refractivity (Wildman–Crippen MR) is 95.9 cm³/mol. The number of methoxy groups -OCH3 is 2. The van der Waals surface area contributed by atoms with Gasteiger partial charge in [-0.2, -0.15) is 0 Å². The van der Waals surface area contributed by atoms with Gasteiger partial charge in [0.25, 0.3) is 5.91 Å². The molecule has 1 aromatic carbocycles. The average molecular weight is 376 g/mol. The van der Waals surface area contributed by atoms with Gasteiger partial charge >= 0.3 is 5.97 Å². The molecule has 2 amide bonds. The largest absolute Gasteiger partial charge is 0.497 e. The van der Waals surface area contributed by atoms with E-state index >= 15 is 0 Å². The molecule has 0 bridgehead atoms. The van der Waals surface area contributed by atoms with Crippen molar-refractivity contribution in [1.29, 1.82) is 0 Å². The lowest BCUT2D eigenvalue weighted by atomic mass is 9.95. The van der Waals surface area contributed by atoms with Crippen molar-refractivity contribution in [2.75, 3.05) is 27.3 Å². The highest BCUT2D eigenvalue weighted by atomic mass is 16.5. The van der Waals surface area contributed by atoms with E-state index in [1.165, 1.54) is 14.2 Å². The minimum atomic E-state index is -1.07. The number of carbonyl (C=O) groups excluding carboxylic acids is 2. The number of benzene rings is 1. The van der Waals surface area contributed by atoms with Gasteiger partial charge in [-0.05, 0) is 37.8 Å². The number of nitrogens with one attached hydrogen (secondary N) is 1. The van der Waals surface area contributed by atoms with Crippen LogP contribution in [0.15, 0.2) is 18.2 Å². The summed E-state index contributed by atoms with van der Waals surface area (Å²) in [4.78, 5) is 38.1. The Labute approximate surface area is 157 Å². The van der Waals surface area contributed by atoms with Crippen LogP contribution in [-0.4, -0.2) is 60.6 Å². The number of carbonyl (C=O) groups is 3. The van der Waals surface area contributed by atoms with Crippen molar-refractivity contribution in [1.82, 2.24) is 10.2 Å². The Hall–Kier alpha value is -2.77. The number of piperidine rings is 1. The van der Waals surface area contributed by atoms with Crippen LogP contribution in [0.2, 0.25) is 0 Å². The minimum Gasteiger partial charge on any atom is -0.497 e. The zero-order valence-electron chi connectivity index (χ0n) is 15.5. The highest BCUT2D eigenvalue weighted by molar-refractivity contribution is 5.95. The van der Waals surface area contributed by atoms with Crippen LogP contribution in [0.4, 0.5) is 0 Å². The number of likely N-dealkylation sites (tertiary alicyclic amines) is 1. The molecule has 3 rings (SSSR count). The standard InChI is InChI=1S/C19H24N2O6/c1-26-14-9-13(10-15(11-14)27-2)17(23)21-7-3-12(4-8-21)16(22)20-19(5-6-19)18(24)25/h9-12H,3-8H2,1-2H3,(H,20,22)(H,24,25). The maximum atomic E-state index is 12.8. The van der Waals surface area contributed by atoms with E-state index in [-0.39, 0.29) is 17.7 Å². The molecular formula is C19H24N2O6. The lowest BCUT2D eigenvalue weighted by Gasteiger charge is -2.32. The van der Waals surface area contributed by atoms with E-state index in [0.29, 0.717) is 55.8 Å². The monoisotopic (exact) mass is 376 g/mol. The Balaban J connectivity index is 1.60. The molecule has 8 nitrogen and oxygen atoms in total. The van der Waals surface area contributed by atoms with E-state index in [4.69, 9.17) is 9.47 Å². The van der Waals surface area contributed by atoms with Gasteiger partial charge in [-0.1, -0.05) is 0 Å². The summed E-state index contributed by atoms with van der Waals surface area (Å²) in [6, 6.07) is 5.02. The predicted octanol–water partition coefficient (Wildman–Crippen LogP) is 1.29. The molecule has 1 saturated carbocycles. The number of amides is 2. The van der Waals surface area contributed by atoms with E-state index in [1.54, 1.807) is 23.1 Å². The first-order valence-electron chi connectivity index (χ1n) is 8.96. The quantitative estimate of drug-likeness (QED) is 0.775. The topological polar surface area (TPSA) is 105 Å². The number of ether oxygens (including phenoxy) is 2. The number of nitrogens with zero attached hydrogens (tertiary/aromatic N) is 1. The molecule has 0 radical (unpaired) electrons. The number of rotatable bonds is 6. The van der Waals surface area contributed by atoms with Gasteiger partial charge < -0.3 is 24.8 Å². The van der Waals surface area contributed by atoms with Crippen LogP contribution in [0.3, 0.4) is 0 Å². The van der Waals surface area contributed by atoms with Crippen molar-refractivity contribution in [3.8, 4) is 11.5 Å². The van der Waals surface area contributed by atoms with Gasteiger partial charge in [0.1, 0.15) is 17.0 Å². The lowest BCUT2D eigenvalue weighted by molar-refractivity contribution is -0.144. The zero-order valence-corrected chi connectivity index (χ0v) is 15.5. The number of aliphatic carboxylic acids is 1. The van der Waals surface area contributed by atoms with Crippen molar-refractivity contribution in [3.05, 3.63) is 23.8 Å². The second kappa shape index (κ2) is 7.46. The molecular weight excluding hydrogens is 352 g/mol. The van der Waals surface area contributed by atoms with E-state index in [9.17, 15) is 19.5 Å². The van der Waals surface area contributed by atoms with Gasteiger partial charge in [-0.25, -0.2) is 4.79 Å². The Morgan fingerprint density at radius 1 is 1.07 bits per heavy atom. The molecule has 2 fully saturated rings. The first-order chi connectivity index (χ1) is 12.9. The van der Waals surface area contributed by atoms with Crippen molar-refractivity contribution < 1.29 is 29.0 Å². The smallest absolute Gasteiger partial charge is 0.329 e. The molecule has 8 heteroatoms. The fraction of sp³-hybridized carbons (Fsp3) is 0.526. The van der Waals surface area contributed by atoms with Gasteiger partial charge in [-0.3, -0.25) is 9.59 Å². The second-order valence-electron chi connectivity index (χ2n) is 7.04. The lowest BCUT2D eigenvalue weighted by Crippen LogP contribution is -2.48. The van der Waals surface area contributed by atoms with Crippen LogP contribution in [0.25, 0.3) is 0 Å². The third-order valence-corrected chi connectivity index (χ3v) is 5.27. The van der Waals surface area contributed by atoms with E-state index in [1.807, 2.05) is 0 Å². The average Bonchev–Trinajstić information content (AvgIpc) is 3.47. The Kier molecular flexibility index (Phi) is 5.25. The maximum absolute atomic E-state index is 12.8. The molecule has 2 aliphatic rings. The normalized spacial score (nSPS) is 18.5. The molecule has 1 aliphatic carbocycles. The van der Waals surface area contributed by atoms with Crippen LogP contribution in [0.1, 0.15) is 36.0 Å². The summed E-state index contributed by atoms with van der Waals surface area (Å²) in [5.74, 6) is -0.549. The molecule has 0 spiro atoms. The molecule has 1 heterocycles. The molecule has 0 aromatic heterocycles. The van der Waals surface area contributed by atoms with Gasteiger partial charge in [0.2, 0.25) is 5.91 Å². The van der Waals surface area contributed by atoms with Gasteiger partial charge in [0.05, 0.1) is 14.2 Å². The Bertz CT molecular complexity index is 728. The van der Waals surface area contributed by atoms with Crippen LogP contribution in [0, 0.1) is 5.92 Å². The SMILES string of the molecule is COc1cc(OC)cc(C(=O)N2CCC(C(=O)NC3(C(=O)O)CC3)CC2)c1. The molecule has 0 atom stereocenters. The third kappa shape index (κ3) is 3.99. The molecule has 27 heavy (non-hydrogen) atoms. The van der Waals surface area contributed by atoms with Crippen LogP contribution < -0.4 is 14.8 Å². The molecule has 1 saturated heterocycles. The van der Waals surface area contributed by atoms with Crippen molar-refractivity contribution in [2.45, 2.75) is 31.2 Å². The highest BCUT2D eigenvalue weighted by Gasteiger charge is 2.52.